The van der Waals surface area contributed by atoms with Crippen molar-refractivity contribution in [2.75, 3.05) is 38.2 Å². The van der Waals surface area contributed by atoms with E-state index in [-0.39, 0.29) is 36.4 Å². The van der Waals surface area contributed by atoms with Crippen LogP contribution in [-0.2, 0) is 17.8 Å². The fourth-order valence-electron chi connectivity index (χ4n) is 2.57. The number of carbonyl (C=O) groups is 1. The van der Waals surface area contributed by atoms with Crippen molar-refractivity contribution in [3.8, 4) is 0 Å². The maximum Gasteiger partial charge on any atom is 0.244 e. The highest BCUT2D eigenvalue weighted by Gasteiger charge is 2.19. The number of aliphatic imine (C=N–C) groups is 1. The zero-order valence-electron chi connectivity index (χ0n) is 14.4. The highest BCUT2D eigenvalue weighted by atomic mass is 127. The molecule has 0 saturated heterocycles. The molecule has 2 N–H and O–H groups in total. The Balaban J connectivity index is 0.00000288. The van der Waals surface area contributed by atoms with Gasteiger partial charge in [0.15, 0.2) is 5.96 Å². The van der Waals surface area contributed by atoms with Crippen molar-refractivity contribution in [2.24, 2.45) is 4.99 Å². The highest BCUT2D eigenvalue weighted by molar-refractivity contribution is 14.0. The van der Waals surface area contributed by atoms with Gasteiger partial charge in [-0.1, -0.05) is 24.3 Å². The van der Waals surface area contributed by atoms with Gasteiger partial charge in [-0.15, -0.1) is 24.0 Å². The molecule has 5 nitrogen and oxygen atoms in total. The minimum atomic E-state index is 0. The first-order valence-electron chi connectivity index (χ1n) is 8.10. The highest BCUT2D eigenvalue weighted by Crippen LogP contribution is 2.18. The van der Waals surface area contributed by atoms with Gasteiger partial charge >= 0.3 is 0 Å². The van der Waals surface area contributed by atoms with Crippen LogP contribution >= 0.6 is 35.7 Å². The summed E-state index contributed by atoms with van der Waals surface area (Å²) in [4.78, 5) is 18.7. The average molecular weight is 462 g/mol. The SMILES string of the molecule is CCNC(=NCC(=O)N1CCc2ccccc2C1)NCCSC.I. The van der Waals surface area contributed by atoms with Crippen LogP contribution in [0.1, 0.15) is 18.1 Å². The van der Waals surface area contributed by atoms with Crippen LogP contribution in [-0.4, -0.2) is 55.0 Å². The molecule has 1 aromatic carbocycles. The van der Waals surface area contributed by atoms with Gasteiger partial charge in [0.25, 0.3) is 0 Å². The second-order valence-corrected chi connectivity index (χ2v) is 6.43. The van der Waals surface area contributed by atoms with Crippen LogP contribution in [0.4, 0.5) is 0 Å². The first-order valence-corrected chi connectivity index (χ1v) is 9.49. The quantitative estimate of drug-likeness (QED) is 0.294. The summed E-state index contributed by atoms with van der Waals surface area (Å²) < 4.78 is 0. The summed E-state index contributed by atoms with van der Waals surface area (Å²) in [5.41, 5.74) is 2.60. The topological polar surface area (TPSA) is 56.7 Å². The number of thioether (sulfide) groups is 1. The van der Waals surface area contributed by atoms with Crippen molar-refractivity contribution in [1.82, 2.24) is 15.5 Å². The molecule has 7 heteroatoms. The molecule has 1 heterocycles. The zero-order valence-corrected chi connectivity index (χ0v) is 17.5. The number of halogens is 1. The molecule has 0 saturated carbocycles. The van der Waals surface area contributed by atoms with Gasteiger partial charge in [-0.3, -0.25) is 4.79 Å². The molecule has 1 aromatic rings. The molecular formula is C17H27IN4OS. The van der Waals surface area contributed by atoms with Crippen LogP contribution in [0.25, 0.3) is 0 Å². The fraction of sp³-hybridized carbons (Fsp3) is 0.529. The second kappa shape index (κ2) is 11.6. The largest absolute Gasteiger partial charge is 0.357 e. The summed E-state index contributed by atoms with van der Waals surface area (Å²) in [6.45, 7) is 5.32. The average Bonchev–Trinajstić information content (AvgIpc) is 2.59. The lowest BCUT2D eigenvalue weighted by Gasteiger charge is -2.28. The van der Waals surface area contributed by atoms with Gasteiger partial charge in [0, 0.05) is 31.9 Å². The third kappa shape index (κ3) is 6.51. The number of hydrogen-bond acceptors (Lipinski definition) is 3. The summed E-state index contributed by atoms with van der Waals surface area (Å²) in [6.07, 6.45) is 3.00. The molecule has 0 radical (unpaired) electrons. The van der Waals surface area contributed by atoms with E-state index in [1.165, 1.54) is 11.1 Å². The Morgan fingerprint density at radius 3 is 2.75 bits per heavy atom. The number of nitrogens with zero attached hydrogens (tertiary/aromatic N) is 2. The Morgan fingerprint density at radius 2 is 2.04 bits per heavy atom. The van der Waals surface area contributed by atoms with Crippen molar-refractivity contribution in [2.45, 2.75) is 19.9 Å². The number of nitrogens with one attached hydrogen (secondary N) is 2. The standard InChI is InChI=1S/C17H26N4OS.HI/c1-3-18-17(19-9-11-23-2)20-12-16(22)21-10-8-14-6-4-5-7-15(14)13-21;/h4-7H,3,8-13H2,1-2H3,(H2,18,19,20);1H. The van der Waals surface area contributed by atoms with Gasteiger partial charge in [0.05, 0.1) is 0 Å². The number of rotatable bonds is 6. The summed E-state index contributed by atoms with van der Waals surface area (Å²) in [6, 6.07) is 8.34. The molecule has 0 fully saturated rings. The van der Waals surface area contributed by atoms with E-state index in [0.29, 0.717) is 12.5 Å². The normalized spacial score (nSPS) is 13.8. The lowest BCUT2D eigenvalue weighted by molar-refractivity contribution is -0.130. The first-order chi connectivity index (χ1) is 11.2. The van der Waals surface area contributed by atoms with Crippen LogP contribution in [0, 0.1) is 0 Å². The van der Waals surface area contributed by atoms with Gasteiger partial charge in [-0.25, -0.2) is 4.99 Å². The minimum absolute atomic E-state index is 0. The molecule has 0 unspecified atom stereocenters. The summed E-state index contributed by atoms with van der Waals surface area (Å²) >= 11 is 1.78. The van der Waals surface area contributed by atoms with E-state index < -0.39 is 0 Å². The van der Waals surface area contributed by atoms with Crippen LogP contribution in [0.5, 0.6) is 0 Å². The van der Waals surface area contributed by atoms with E-state index in [2.05, 4.69) is 40.1 Å². The van der Waals surface area contributed by atoms with Crippen LogP contribution in [0.15, 0.2) is 29.3 Å². The Bertz CT molecular complexity index is 553. The third-order valence-corrected chi connectivity index (χ3v) is 4.41. The first kappa shape index (κ1) is 21.1. The van der Waals surface area contributed by atoms with Crippen LogP contribution in [0.3, 0.4) is 0 Å². The molecule has 1 aliphatic rings. The molecule has 0 aliphatic carbocycles. The van der Waals surface area contributed by atoms with E-state index in [0.717, 1.165) is 31.8 Å². The monoisotopic (exact) mass is 462 g/mol. The summed E-state index contributed by atoms with van der Waals surface area (Å²) in [7, 11) is 0. The van der Waals surface area contributed by atoms with Crippen molar-refractivity contribution in [1.29, 1.82) is 0 Å². The molecular weight excluding hydrogens is 435 g/mol. The smallest absolute Gasteiger partial charge is 0.244 e. The van der Waals surface area contributed by atoms with Gasteiger partial charge < -0.3 is 15.5 Å². The van der Waals surface area contributed by atoms with E-state index in [1.54, 1.807) is 11.8 Å². The van der Waals surface area contributed by atoms with Crippen molar-refractivity contribution >= 4 is 47.6 Å². The number of fused-ring (bicyclic) bond motifs is 1. The fourth-order valence-corrected chi connectivity index (χ4v) is 2.87. The molecule has 0 spiro atoms. The zero-order chi connectivity index (χ0) is 16.5. The number of amides is 1. The van der Waals surface area contributed by atoms with E-state index in [4.69, 9.17) is 0 Å². The third-order valence-electron chi connectivity index (χ3n) is 3.80. The molecule has 0 atom stereocenters. The number of benzene rings is 1. The maximum absolute atomic E-state index is 12.4. The molecule has 0 bridgehead atoms. The summed E-state index contributed by atoms with van der Waals surface area (Å²) in [5, 5.41) is 6.42. The van der Waals surface area contributed by atoms with E-state index >= 15 is 0 Å². The van der Waals surface area contributed by atoms with Crippen LogP contribution in [0.2, 0.25) is 0 Å². The lowest BCUT2D eigenvalue weighted by Crippen LogP contribution is -2.41. The molecule has 1 amide bonds. The predicted octanol–water partition coefficient (Wildman–Crippen LogP) is 2.11. The second-order valence-electron chi connectivity index (χ2n) is 5.45. The number of carbonyl (C=O) groups excluding carboxylic acids is 1. The Hall–Kier alpha value is -0.960. The molecule has 134 valence electrons. The van der Waals surface area contributed by atoms with E-state index in [9.17, 15) is 4.79 Å². The number of guanidine groups is 1. The van der Waals surface area contributed by atoms with Gasteiger partial charge in [-0.05, 0) is 30.7 Å². The maximum atomic E-state index is 12.4. The van der Waals surface area contributed by atoms with Crippen molar-refractivity contribution in [3.05, 3.63) is 35.4 Å². The molecule has 1 aliphatic heterocycles. The molecule has 0 aromatic heterocycles. The Morgan fingerprint density at radius 1 is 1.29 bits per heavy atom. The van der Waals surface area contributed by atoms with Gasteiger partial charge in [-0.2, -0.15) is 11.8 Å². The summed E-state index contributed by atoms with van der Waals surface area (Å²) in [5.74, 6) is 1.82. The molecule has 2 rings (SSSR count). The van der Waals surface area contributed by atoms with Gasteiger partial charge in [0.2, 0.25) is 5.91 Å². The predicted molar refractivity (Wildman–Crippen MR) is 113 cm³/mol. The Kier molecular flexibility index (Phi) is 10.2. The van der Waals surface area contributed by atoms with Crippen LogP contribution < -0.4 is 10.6 Å². The Labute approximate surface area is 166 Å². The van der Waals surface area contributed by atoms with Gasteiger partial charge in [0.1, 0.15) is 6.54 Å². The molecule has 24 heavy (non-hydrogen) atoms. The number of hydrogen-bond donors (Lipinski definition) is 2. The van der Waals surface area contributed by atoms with E-state index in [1.807, 2.05) is 17.9 Å². The lowest BCUT2D eigenvalue weighted by atomic mass is 10.00. The van der Waals surface area contributed by atoms with Crippen molar-refractivity contribution in [3.63, 3.8) is 0 Å². The van der Waals surface area contributed by atoms with Crippen molar-refractivity contribution < 1.29 is 4.79 Å². The minimum Gasteiger partial charge on any atom is -0.357 e.